The van der Waals surface area contributed by atoms with E-state index in [0.29, 0.717) is 35.0 Å². The molecule has 0 unspecified atom stereocenters. The van der Waals surface area contributed by atoms with Gasteiger partial charge in [-0.1, -0.05) is 11.6 Å². The summed E-state index contributed by atoms with van der Waals surface area (Å²) in [4.78, 5) is 15.2. The number of hydrogen-bond donors (Lipinski definition) is 0. The molecule has 1 aromatic carbocycles. The molecule has 0 aliphatic carbocycles. The lowest BCUT2D eigenvalue weighted by Crippen LogP contribution is -2.35. The highest BCUT2D eigenvalue weighted by molar-refractivity contribution is 7.91. The molecule has 3 aromatic rings. The zero-order chi connectivity index (χ0) is 22.3. The minimum Gasteiger partial charge on any atom is -0.338 e. The van der Waals surface area contributed by atoms with Gasteiger partial charge in [0.1, 0.15) is 15.2 Å². The highest BCUT2D eigenvalue weighted by atomic mass is 35.5. The van der Waals surface area contributed by atoms with Crippen molar-refractivity contribution in [2.45, 2.75) is 24.1 Å². The fourth-order valence-electron chi connectivity index (χ4n) is 3.83. The van der Waals surface area contributed by atoms with Crippen LogP contribution in [0.5, 0.6) is 0 Å². The molecule has 1 fully saturated rings. The van der Waals surface area contributed by atoms with E-state index in [1.54, 1.807) is 30.0 Å². The molecule has 4 rings (SSSR count). The standard InChI is InChI=1S/C21H20ClN3O3S3/c1-13-18-8-16(22)3-4-19(18)30-21(13)31(27,28)24(2)11-15-5-6-25(20(15)26)10-14-7-17(9-23)29-12-14/h3-4,7-8,12,15H,5-6,10-11H2,1-2H3/t15-/m0/s1. The number of likely N-dealkylation sites (tertiary alicyclic amines) is 1. The van der Waals surface area contributed by atoms with E-state index in [1.165, 1.54) is 34.0 Å². The summed E-state index contributed by atoms with van der Waals surface area (Å²) in [5, 5.41) is 12.2. The molecule has 1 aliphatic heterocycles. The fourth-order valence-corrected chi connectivity index (χ4v) is 7.85. The van der Waals surface area contributed by atoms with Crippen LogP contribution in [-0.2, 0) is 21.4 Å². The number of hydrogen-bond acceptors (Lipinski definition) is 6. The normalized spacial score (nSPS) is 17.1. The lowest BCUT2D eigenvalue weighted by Gasteiger charge is -2.21. The Morgan fingerprint density at radius 3 is 2.84 bits per heavy atom. The molecule has 1 saturated heterocycles. The van der Waals surface area contributed by atoms with Gasteiger partial charge in [-0.15, -0.1) is 22.7 Å². The van der Waals surface area contributed by atoms with Crippen molar-refractivity contribution in [2.24, 2.45) is 5.92 Å². The van der Waals surface area contributed by atoms with Gasteiger partial charge in [0.25, 0.3) is 10.0 Å². The van der Waals surface area contributed by atoms with E-state index in [0.717, 1.165) is 15.6 Å². The monoisotopic (exact) mass is 493 g/mol. The number of nitrogens with zero attached hydrogens (tertiary/aromatic N) is 3. The number of amides is 1. The van der Waals surface area contributed by atoms with E-state index < -0.39 is 10.0 Å². The molecule has 10 heteroatoms. The molecule has 0 bridgehead atoms. The SMILES string of the molecule is Cc1c(S(=O)(=O)N(C)C[C@@H]2CCN(Cc3csc(C#N)c3)C2=O)sc2ccc(Cl)cc12. The molecule has 1 atom stereocenters. The van der Waals surface area contributed by atoms with Crippen LogP contribution in [0.4, 0.5) is 0 Å². The first-order valence-corrected chi connectivity index (χ1v) is 13.1. The summed E-state index contributed by atoms with van der Waals surface area (Å²) in [6, 6.07) is 9.25. The second-order valence-corrected chi connectivity index (χ2v) is 12.3. The molecule has 162 valence electrons. The van der Waals surface area contributed by atoms with Crippen molar-refractivity contribution in [3.05, 3.63) is 50.7 Å². The lowest BCUT2D eigenvalue weighted by molar-refractivity contribution is -0.131. The molecule has 31 heavy (non-hydrogen) atoms. The summed E-state index contributed by atoms with van der Waals surface area (Å²) < 4.78 is 29.0. The van der Waals surface area contributed by atoms with Crippen molar-refractivity contribution < 1.29 is 13.2 Å². The van der Waals surface area contributed by atoms with E-state index in [2.05, 4.69) is 6.07 Å². The maximum atomic E-state index is 13.3. The minimum atomic E-state index is -3.73. The molecule has 1 amide bonds. The molecule has 0 N–H and O–H groups in total. The topological polar surface area (TPSA) is 81.5 Å². The Hall–Kier alpha value is -1.96. The van der Waals surface area contributed by atoms with E-state index >= 15 is 0 Å². The summed E-state index contributed by atoms with van der Waals surface area (Å²) >= 11 is 8.66. The predicted molar refractivity (Wildman–Crippen MR) is 124 cm³/mol. The van der Waals surface area contributed by atoms with Gasteiger partial charge in [-0.3, -0.25) is 4.79 Å². The van der Waals surface area contributed by atoms with Gasteiger partial charge in [0.15, 0.2) is 0 Å². The Kier molecular flexibility index (Phi) is 6.12. The van der Waals surface area contributed by atoms with Gasteiger partial charge >= 0.3 is 0 Å². The summed E-state index contributed by atoms with van der Waals surface area (Å²) in [5.74, 6) is -0.426. The number of carbonyl (C=O) groups is 1. The van der Waals surface area contributed by atoms with E-state index in [9.17, 15) is 13.2 Å². The van der Waals surface area contributed by atoms with Crippen LogP contribution in [0.1, 0.15) is 22.4 Å². The average Bonchev–Trinajstić information content (AvgIpc) is 3.42. The van der Waals surface area contributed by atoms with Crippen molar-refractivity contribution >= 4 is 60.3 Å². The number of carbonyl (C=O) groups excluding carboxylic acids is 1. The number of nitriles is 1. The number of sulfonamides is 1. The molecule has 0 saturated carbocycles. The zero-order valence-corrected chi connectivity index (χ0v) is 20.2. The van der Waals surface area contributed by atoms with Crippen molar-refractivity contribution in [2.75, 3.05) is 20.1 Å². The van der Waals surface area contributed by atoms with E-state index in [-0.39, 0.29) is 22.6 Å². The van der Waals surface area contributed by atoms with Gasteiger partial charge in [-0.05, 0) is 59.5 Å². The zero-order valence-electron chi connectivity index (χ0n) is 17.0. The van der Waals surface area contributed by atoms with Crippen molar-refractivity contribution in [1.82, 2.24) is 9.21 Å². The highest BCUT2D eigenvalue weighted by Gasteiger charge is 2.36. The number of thiophene rings is 2. The summed E-state index contributed by atoms with van der Waals surface area (Å²) in [6.45, 7) is 2.95. The number of fused-ring (bicyclic) bond motifs is 1. The van der Waals surface area contributed by atoms with Crippen LogP contribution in [0.15, 0.2) is 33.9 Å². The summed E-state index contributed by atoms with van der Waals surface area (Å²) in [6.07, 6.45) is 0.606. The predicted octanol–water partition coefficient (Wildman–Crippen LogP) is 4.47. The molecule has 3 heterocycles. The Morgan fingerprint density at radius 1 is 1.35 bits per heavy atom. The summed E-state index contributed by atoms with van der Waals surface area (Å²) in [7, 11) is -2.20. The number of aryl methyl sites for hydroxylation is 1. The summed E-state index contributed by atoms with van der Waals surface area (Å²) in [5.41, 5.74) is 1.61. The van der Waals surface area contributed by atoms with Gasteiger partial charge in [0.05, 0.1) is 5.92 Å². The average molecular weight is 494 g/mol. The number of rotatable bonds is 6. The van der Waals surface area contributed by atoms with Crippen molar-refractivity contribution in [1.29, 1.82) is 5.26 Å². The van der Waals surface area contributed by atoms with Gasteiger partial charge in [-0.2, -0.15) is 9.57 Å². The number of halogens is 1. The smallest absolute Gasteiger partial charge is 0.252 e. The second kappa shape index (κ2) is 8.52. The first-order valence-electron chi connectivity index (χ1n) is 9.62. The Labute approximate surface area is 194 Å². The quantitative estimate of drug-likeness (QED) is 0.507. The Balaban J connectivity index is 1.49. The van der Waals surface area contributed by atoms with E-state index in [1.807, 2.05) is 11.4 Å². The van der Waals surface area contributed by atoms with Crippen LogP contribution >= 0.6 is 34.3 Å². The third-order valence-corrected chi connectivity index (χ3v) is 10.3. The van der Waals surface area contributed by atoms with Crippen LogP contribution in [0.25, 0.3) is 10.1 Å². The van der Waals surface area contributed by atoms with Gasteiger partial charge in [-0.25, -0.2) is 8.42 Å². The van der Waals surface area contributed by atoms with Gasteiger partial charge in [0, 0.05) is 36.4 Å². The van der Waals surface area contributed by atoms with Gasteiger partial charge in [0.2, 0.25) is 5.91 Å². The van der Waals surface area contributed by atoms with E-state index in [4.69, 9.17) is 16.9 Å². The molecule has 0 spiro atoms. The largest absolute Gasteiger partial charge is 0.338 e. The maximum absolute atomic E-state index is 13.3. The maximum Gasteiger partial charge on any atom is 0.252 e. The minimum absolute atomic E-state index is 0.0494. The molecule has 6 nitrogen and oxygen atoms in total. The third kappa shape index (κ3) is 4.23. The lowest BCUT2D eigenvalue weighted by atomic mass is 10.1. The van der Waals surface area contributed by atoms with Crippen LogP contribution in [0.3, 0.4) is 0 Å². The molecular formula is C21H20ClN3O3S3. The fraction of sp³-hybridized carbons (Fsp3) is 0.333. The van der Waals surface area contributed by atoms with Crippen molar-refractivity contribution in [3.8, 4) is 6.07 Å². The molecule has 0 radical (unpaired) electrons. The van der Waals surface area contributed by atoms with Crippen LogP contribution in [0, 0.1) is 24.2 Å². The third-order valence-electron chi connectivity index (χ3n) is 5.52. The Bertz CT molecular complexity index is 1310. The van der Waals surface area contributed by atoms with Crippen LogP contribution in [0.2, 0.25) is 5.02 Å². The van der Waals surface area contributed by atoms with Crippen molar-refractivity contribution in [3.63, 3.8) is 0 Å². The highest BCUT2D eigenvalue weighted by Crippen LogP contribution is 2.37. The molecule has 1 aliphatic rings. The van der Waals surface area contributed by atoms with Crippen LogP contribution < -0.4 is 0 Å². The second-order valence-electron chi connectivity index (χ2n) is 7.62. The number of benzene rings is 1. The van der Waals surface area contributed by atoms with Crippen LogP contribution in [-0.4, -0.2) is 43.7 Å². The molecule has 2 aromatic heterocycles. The van der Waals surface area contributed by atoms with Gasteiger partial charge < -0.3 is 4.90 Å². The first kappa shape index (κ1) is 22.2. The molecular weight excluding hydrogens is 474 g/mol. The Morgan fingerprint density at radius 2 is 2.13 bits per heavy atom. The first-order chi connectivity index (χ1) is 14.7.